The van der Waals surface area contributed by atoms with Gasteiger partial charge in [0.05, 0.1) is 11.0 Å². The molecule has 0 aliphatic carbocycles. The molecular formula is C55H36N2. The first-order chi connectivity index (χ1) is 28.3. The summed E-state index contributed by atoms with van der Waals surface area (Å²) in [6.45, 7) is 0. The third-order valence-corrected chi connectivity index (χ3v) is 11.5. The van der Waals surface area contributed by atoms with Crippen molar-refractivity contribution in [3.05, 3.63) is 219 Å². The lowest BCUT2D eigenvalue weighted by Crippen LogP contribution is -1.93. The van der Waals surface area contributed by atoms with E-state index in [-0.39, 0.29) is 0 Å². The number of rotatable bonds is 6. The van der Waals surface area contributed by atoms with E-state index in [2.05, 4.69) is 216 Å². The Morgan fingerprint density at radius 3 is 1.32 bits per heavy atom. The summed E-state index contributed by atoms with van der Waals surface area (Å²) in [4.78, 5) is 4.51. The molecule has 2 heteroatoms. The van der Waals surface area contributed by atoms with E-state index in [1.807, 2.05) is 12.4 Å². The van der Waals surface area contributed by atoms with Crippen LogP contribution in [0.1, 0.15) is 0 Å². The van der Waals surface area contributed by atoms with Crippen molar-refractivity contribution in [1.29, 1.82) is 0 Å². The zero-order chi connectivity index (χ0) is 37.7. The van der Waals surface area contributed by atoms with Crippen molar-refractivity contribution < 1.29 is 0 Å². The van der Waals surface area contributed by atoms with Crippen molar-refractivity contribution >= 4 is 43.4 Å². The molecule has 0 saturated carbocycles. The summed E-state index contributed by atoms with van der Waals surface area (Å²) >= 11 is 0. The predicted octanol–water partition coefficient (Wildman–Crippen LogP) is 14.8. The Labute approximate surface area is 331 Å². The molecule has 266 valence electrons. The molecule has 0 saturated heterocycles. The van der Waals surface area contributed by atoms with E-state index in [0.717, 1.165) is 16.6 Å². The van der Waals surface area contributed by atoms with Crippen LogP contribution in [0.5, 0.6) is 0 Å². The maximum atomic E-state index is 4.51. The van der Waals surface area contributed by atoms with Crippen LogP contribution in [-0.4, -0.2) is 9.55 Å². The van der Waals surface area contributed by atoms with Crippen molar-refractivity contribution in [3.8, 4) is 61.3 Å². The van der Waals surface area contributed by atoms with Crippen LogP contribution in [0.3, 0.4) is 0 Å². The number of para-hydroxylation sites is 1. The molecular weight excluding hydrogens is 689 g/mol. The van der Waals surface area contributed by atoms with Crippen LogP contribution in [0.25, 0.3) is 105 Å². The van der Waals surface area contributed by atoms with Gasteiger partial charge in [-0.2, -0.15) is 0 Å². The fraction of sp³-hybridized carbons (Fsp3) is 0. The summed E-state index contributed by atoms with van der Waals surface area (Å²) in [5.41, 5.74) is 15.6. The molecule has 0 atom stereocenters. The maximum absolute atomic E-state index is 4.51. The van der Waals surface area contributed by atoms with Gasteiger partial charge in [-0.25, -0.2) is 0 Å². The highest BCUT2D eigenvalue weighted by atomic mass is 15.0. The zero-order valence-electron chi connectivity index (χ0n) is 31.2. The minimum Gasteiger partial charge on any atom is -0.309 e. The second-order valence-corrected chi connectivity index (χ2v) is 14.7. The van der Waals surface area contributed by atoms with Crippen LogP contribution in [-0.2, 0) is 0 Å². The number of hydrogen-bond donors (Lipinski definition) is 0. The van der Waals surface area contributed by atoms with Gasteiger partial charge in [-0.15, -0.1) is 0 Å². The number of benzene rings is 9. The van der Waals surface area contributed by atoms with Gasteiger partial charge in [0.2, 0.25) is 0 Å². The van der Waals surface area contributed by atoms with Crippen molar-refractivity contribution in [3.63, 3.8) is 0 Å². The lowest BCUT2D eigenvalue weighted by Gasteiger charge is -2.19. The van der Waals surface area contributed by atoms with Crippen LogP contribution in [0.2, 0.25) is 0 Å². The van der Waals surface area contributed by atoms with Gasteiger partial charge in [-0.05, 0) is 126 Å². The number of fused-ring (bicyclic) bond motifs is 5. The van der Waals surface area contributed by atoms with Gasteiger partial charge in [0.15, 0.2) is 0 Å². The molecule has 11 rings (SSSR count). The summed E-state index contributed by atoms with van der Waals surface area (Å²) in [6, 6.07) is 75.0. The lowest BCUT2D eigenvalue weighted by atomic mass is 9.85. The van der Waals surface area contributed by atoms with E-state index < -0.39 is 0 Å². The highest BCUT2D eigenvalue weighted by Crippen LogP contribution is 2.45. The van der Waals surface area contributed by atoms with Crippen LogP contribution < -0.4 is 0 Å². The highest BCUT2D eigenvalue weighted by molar-refractivity contribution is 6.22. The first-order valence-corrected chi connectivity index (χ1v) is 19.5. The Morgan fingerprint density at radius 1 is 0.281 bits per heavy atom. The lowest BCUT2D eigenvalue weighted by molar-refractivity contribution is 1.17. The predicted molar refractivity (Wildman–Crippen MR) is 241 cm³/mol. The highest BCUT2D eigenvalue weighted by Gasteiger charge is 2.18. The SMILES string of the molecule is c1ccc(-c2c3ccccc3c(-c3ccccc3)c3cc(-c4cccc(-c5cccc(-c6ccc7c(c6)c6cnccc6n7-c6ccccc6)c5)c4)ccc23)cc1. The van der Waals surface area contributed by atoms with E-state index in [1.165, 1.54) is 88.1 Å². The smallest absolute Gasteiger partial charge is 0.0571 e. The molecule has 57 heavy (non-hydrogen) atoms. The van der Waals surface area contributed by atoms with Crippen molar-refractivity contribution in [1.82, 2.24) is 9.55 Å². The number of aromatic nitrogens is 2. The quantitative estimate of drug-likeness (QED) is 0.156. The Morgan fingerprint density at radius 2 is 0.719 bits per heavy atom. The van der Waals surface area contributed by atoms with Crippen LogP contribution in [0.15, 0.2) is 219 Å². The second kappa shape index (κ2) is 13.6. The summed E-state index contributed by atoms with van der Waals surface area (Å²) in [6.07, 6.45) is 3.87. The molecule has 9 aromatic carbocycles. The average Bonchev–Trinajstić information content (AvgIpc) is 3.62. The Hall–Kier alpha value is -7.55. The maximum Gasteiger partial charge on any atom is 0.0571 e. The Bertz CT molecular complexity index is 3270. The summed E-state index contributed by atoms with van der Waals surface area (Å²) < 4.78 is 2.33. The molecule has 0 bridgehead atoms. The summed E-state index contributed by atoms with van der Waals surface area (Å²) in [5, 5.41) is 7.38. The van der Waals surface area contributed by atoms with Crippen LogP contribution in [0, 0.1) is 0 Å². The average molecular weight is 725 g/mol. The molecule has 2 aromatic heterocycles. The van der Waals surface area contributed by atoms with Gasteiger partial charge in [0, 0.05) is 28.9 Å². The standard InChI is InChI=1S/C55H36N2/c1-4-14-37(15-5-1)54-46-24-10-11-25-47(46)55(38-16-6-2-7-17-38)50-35-43(26-28-48(50)54)41-20-12-18-39(32-41)40-19-13-21-42(33-40)44-27-29-52-49(34-44)51-36-56-31-30-53(51)57(52)45-22-8-3-9-23-45/h1-36H. The van der Waals surface area contributed by atoms with E-state index in [0.29, 0.717) is 0 Å². The second-order valence-electron chi connectivity index (χ2n) is 14.7. The van der Waals surface area contributed by atoms with Crippen LogP contribution >= 0.6 is 0 Å². The van der Waals surface area contributed by atoms with E-state index in [4.69, 9.17) is 0 Å². The van der Waals surface area contributed by atoms with Crippen molar-refractivity contribution in [2.75, 3.05) is 0 Å². The molecule has 0 spiro atoms. The molecule has 0 aliphatic heterocycles. The van der Waals surface area contributed by atoms with Gasteiger partial charge >= 0.3 is 0 Å². The molecule has 0 amide bonds. The largest absolute Gasteiger partial charge is 0.309 e. The zero-order valence-corrected chi connectivity index (χ0v) is 31.2. The fourth-order valence-corrected chi connectivity index (χ4v) is 8.85. The first kappa shape index (κ1) is 32.8. The van der Waals surface area contributed by atoms with Crippen molar-refractivity contribution in [2.24, 2.45) is 0 Å². The van der Waals surface area contributed by atoms with E-state index in [1.54, 1.807) is 0 Å². The van der Waals surface area contributed by atoms with Crippen LogP contribution in [0.4, 0.5) is 0 Å². The van der Waals surface area contributed by atoms with E-state index in [9.17, 15) is 0 Å². The summed E-state index contributed by atoms with van der Waals surface area (Å²) in [5.74, 6) is 0. The topological polar surface area (TPSA) is 17.8 Å². The number of pyridine rings is 1. The Balaban J connectivity index is 1.03. The minimum absolute atomic E-state index is 1.14. The monoisotopic (exact) mass is 724 g/mol. The summed E-state index contributed by atoms with van der Waals surface area (Å²) in [7, 11) is 0. The molecule has 0 fully saturated rings. The van der Waals surface area contributed by atoms with Gasteiger partial charge < -0.3 is 4.57 Å². The number of hydrogen-bond acceptors (Lipinski definition) is 1. The minimum atomic E-state index is 1.14. The first-order valence-electron chi connectivity index (χ1n) is 19.5. The normalized spacial score (nSPS) is 11.5. The molecule has 2 heterocycles. The molecule has 11 aromatic rings. The molecule has 2 nitrogen and oxygen atoms in total. The Kier molecular flexibility index (Phi) is 7.86. The molecule has 0 aliphatic rings. The van der Waals surface area contributed by atoms with Gasteiger partial charge in [-0.3, -0.25) is 4.98 Å². The van der Waals surface area contributed by atoms with Gasteiger partial charge in [-0.1, -0.05) is 158 Å². The molecule has 0 radical (unpaired) electrons. The van der Waals surface area contributed by atoms with Crippen molar-refractivity contribution in [2.45, 2.75) is 0 Å². The third kappa shape index (κ3) is 5.61. The fourth-order valence-electron chi connectivity index (χ4n) is 8.85. The molecule has 0 unspecified atom stereocenters. The van der Waals surface area contributed by atoms with Gasteiger partial charge in [0.25, 0.3) is 0 Å². The van der Waals surface area contributed by atoms with E-state index >= 15 is 0 Å². The molecule has 0 N–H and O–H groups in total. The van der Waals surface area contributed by atoms with Gasteiger partial charge in [0.1, 0.15) is 0 Å². The number of nitrogens with zero attached hydrogens (tertiary/aromatic N) is 2. The third-order valence-electron chi connectivity index (χ3n) is 11.5.